The standard InChI is InChI=1S/C7H16BrNO2S/c1-3-5-12(10,11)9-7(4-2)6-8/h7,9H,3-6H2,1-2H3. The van der Waals surface area contributed by atoms with Gasteiger partial charge in [-0.1, -0.05) is 29.8 Å². The van der Waals surface area contributed by atoms with Crippen molar-refractivity contribution in [2.75, 3.05) is 11.1 Å². The molecule has 0 heterocycles. The summed E-state index contributed by atoms with van der Waals surface area (Å²) in [6.45, 7) is 3.81. The molecular weight excluding hydrogens is 242 g/mol. The van der Waals surface area contributed by atoms with E-state index in [4.69, 9.17) is 0 Å². The van der Waals surface area contributed by atoms with Crippen molar-refractivity contribution in [3.63, 3.8) is 0 Å². The highest BCUT2D eigenvalue weighted by Gasteiger charge is 2.13. The zero-order valence-electron chi connectivity index (χ0n) is 7.51. The molecule has 74 valence electrons. The number of alkyl halides is 1. The maximum atomic E-state index is 11.2. The minimum atomic E-state index is -3.04. The van der Waals surface area contributed by atoms with E-state index in [0.29, 0.717) is 11.8 Å². The van der Waals surface area contributed by atoms with Crippen molar-refractivity contribution in [1.29, 1.82) is 0 Å². The average Bonchev–Trinajstić information content (AvgIpc) is 2.00. The van der Waals surface area contributed by atoms with E-state index >= 15 is 0 Å². The van der Waals surface area contributed by atoms with Crippen molar-refractivity contribution >= 4 is 26.0 Å². The molecule has 0 radical (unpaired) electrons. The highest BCUT2D eigenvalue weighted by atomic mass is 79.9. The molecule has 0 aliphatic rings. The zero-order valence-corrected chi connectivity index (χ0v) is 9.91. The van der Waals surface area contributed by atoms with E-state index in [2.05, 4.69) is 20.7 Å². The minimum absolute atomic E-state index is 0.0292. The molecule has 12 heavy (non-hydrogen) atoms. The van der Waals surface area contributed by atoms with Crippen molar-refractivity contribution in [2.24, 2.45) is 0 Å². The van der Waals surface area contributed by atoms with E-state index in [-0.39, 0.29) is 11.8 Å². The maximum absolute atomic E-state index is 11.2. The van der Waals surface area contributed by atoms with Crippen molar-refractivity contribution < 1.29 is 8.42 Å². The van der Waals surface area contributed by atoms with Gasteiger partial charge in [0.05, 0.1) is 5.75 Å². The Labute approximate surface area is 83.1 Å². The van der Waals surface area contributed by atoms with Crippen LogP contribution >= 0.6 is 15.9 Å². The number of rotatable bonds is 6. The van der Waals surface area contributed by atoms with Gasteiger partial charge in [-0.05, 0) is 12.8 Å². The molecule has 1 N–H and O–H groups in total. The second-order valence-electron chi connectivity index (χ2n) is 2.70. The Bertz CT molecular complexity index is 199. The predicted molar refractivity (Wildman–Crippen MR) is 55.1 cm³/mol. The highest BCUT2D eigenvalue weighted by molar-refractivity contribution is 9.09. The van der Waals surface area contributed by atoms with Gasteiger partial charge in [0.1, 0.15) is 0 Å². The third-order valence-corrected chi connectivity index (χ3v) is 3.92. The Balaban J connectivity index is 4.03. The molecule has 0 rings (SSSR count). The monoisotopic (exact) mass is 257 g/mol. The smallest absolute Gasteiger partial charge is 0.211 e. The van der Waals surface area contributed by atoms with Crippen molar-refractivity contribution in [1.82, 2.24) is 4.72 Å². The highest BCUT2D eigenvalue weighted by Crippen LogP contribution is 1.99. The fraction of sp³-hybridized carbons (Fsp3) is 1.00. The number of halogens is 1. The molecule has 0 aromatic heterocycles. The predicted octanol–water partition coefficient (Wildman–Crippen LogP) is 1.49. The van der Waals surface area contributed by atoms with Crippen LogP contribution in [-0.2, 0) is 10.0 Å². The third kappa shape index (κ3) is 5.11. The van der Waals surface area contributed by atoms with Crippen LogP contribution in [0, 0.1) is 0 Å². The second kappa shape index (κ2) is 5.94. The van der Waals surface area contributed by atoms with Gasteiger partial charge in [-0.3, -0.25) is 0 Å². The van der Waals surface area contributed by atoms with Crippen LogP contribution in [0.15, 0.2) is 0 Å². The molecule has 0 aliphatic heterocycles. The lowest BCUT2D eigenvalue weighted by atomic mass is 10.3. The summed E-state index contributed by atoms with van der Waals surface area (Å²) in [5.41, 5.74) is 0. The summed E-state index contributed by atoms with van der Waals surface area (Å²) in [6, 6.07) is 0.0292. The van der Waals surface area contributed by atoms with Crippen LogP contribution in [0.1, 0.15) is 26.7 Å². The summed E-state index contributed by atoms with van der Waals surface area (Å²) in [6.07, 6.45) is 1.47. The molecule has 0 bridgehead atoms. The van der Waals surface area contributed by atoms with E-state index in [1.54, 1.807) is 0 Å². The Morgan fingerprint density at radius 2 is 2.00 bits per heavy atom. The summed E-state index contributed by atoms with van der Waals surface area (Å²) in [7, 11) is -3.04. The molecule has 0 spiro atoms. The van der Waals surface area contributed by atoms with Gasteiger partial charge >= 0.3 is 0 Å². The molecule has 0 aliphatic carbocycles. The van der Waals surface area contributed by atoms with E-state index in [1.165, 1.54) is 0 Å². The molecule has 0 amide bonds. The Hall–Kier alpha value is 0.390. The van der Waals surface area contributed by atoms with Crippen LogP contribution in [0.2, 0.25) is 0 Å². The first-order valence-electron chi connectivity index (χ1n) is 4.11. The van der Waals surface area contributed by atoms with Crippen LogP contribution in [0.4, 0.5) is 0 Å². The largest absolute Gasteiger partial charge is 0.212 e. The van der Waals surface area contributed by atoms with Crippen LogP contribution < -0.4 is 4.72 Å². The SMILES string of the molecule is CCCS(=O)(=O)NC(CC)CBr. The second-order valence-corrected chi connectivity index (χ2v) is 5.22. The molecule has 1 unspecified atom stereocenters. The summed E-state index contributed by atoms with van der Waals surface area (Å²) >= 11 is 3.25. The van der Waals surface area contributed by atoms with E-state index < -0.39 is 10.0 Å². The lowest BCUT2D eigenvalue weighted by molar-refractivity contribution is 0.558. The summed E-state index contributed by atoms with van der Waals surface area (Å²) in [4.78, 5) is 0. The fourth-order valence-corrected chi connectivity index (χ4v) is 3.05. The topological polar surface area (TPSA) is 46.2 Å². The van der Waals surface area contributed by atoms with Crippen LogP contribution in [-0.4, -0.2) is 25.5 Å². The average molecular weight is 258 g/mol. The van der Waals surface area contributed by atoms with E-state index in [1.807, 2.05) is 13.8 Å². The Kier molecular flexibility index (Phi) is 6.13. The van der Waals surface area contributed by atoms with Gasteiger partial charge in [0.25, 0.3) is 0 Å². The normalized spacial score (nSPS) is 14.6. The first-order valence-corrected chi connectivity index (χ1v) is 6.89. The van der Waals surface area contributed by atoms with Gasteiger partial charge in [-0.15, -0.1) is 0 Å². The van der Waals surface area contributed by atoms with Crippen molar-refractivity contribution in [2.45, 2.75) is 32.7 Å². The number of hydrogen-bond donors (Lipinski definition) is 1. The first-order chi connectivity index (χ1) is 5.55. The van der Waals surface area contributed by atoms with E-state index in [9.17, 15) is 8.42 Å². The quantitative estimate of drug-likeness (QED) is 0.734. The minimum Gasteiger partial charge on any atom is -0.212 e. The van der Waals surface area contributed by atoms with Crippen LogP contribution in [0.5, 0.6) is 0 Å². The van der Waals surface area contributed by atoms with Crippen LogP contribution in [0.25, 0.3) is 0 Å². The zero-order chi connectivity index (χ0) is 9.61. The van der Waals surface area contributed by atoms with Gasteiger partial charge in [0, 0.05) is 11.4 Å². The molecule has 0 aromatic carbocycles. The fourth-order valence-electron chi connectivity index (χ4n) is 0.806. The van der Waals surface area contributed by atoms with Gasteiger partial charge < -0.3 is 0 Å². The Morgan fingerprint density at radius 3 is 2.33 bits per heavy atom. The van der Waals surface area contributed by atoms with Gasteiger partial charge in [-0.25, -0.2) is 13.1 Å². The lowest BCUT2D eigenvalue weighted by Crippen LogP contribution is -2.36. The third-order valence-electron chi connectivity index (χ3n) is 1.50. The molecule has 3 nitrogen and oxygen atoms in total. The molecule has 0 fully saturated rings. The van der Waals surface area contributed by atoms with Gasteiger partial charge in [0.15, 0.2) is 0 Å². The maximum Gasteiger partial charge on any atom is 0.211 e. The molecular formula is C7H16BrNO2S. The van der Waals surface area contributed by atoms with Crippen molar-refractivity contribution in [3.05, 3.63) is 0 Å². The van der Waals surface area contributed by atoms with Gasteiger partial charge in [-0.2, -0.15) is 0 Å². The molecule has 0 saturated heterocycles. The molecule has 1 atom stereocenters. The molecule has 0 saturated carbocycles. The van der Waals surface area contributed by atoms with Crippen molar-refractivity contribution in [3.8, 4) is 0 Å². The summed E-state index contributed by atoms with van der Waals surface area (Å²) in [5, 5.41) is 0.673. The first kappa shape index (κ1) is 12.4. The molecule has 5 heteroatoms. The molecule has 0 aromatic rings. The van der Waals surface area contributed by atoms with Gasteiger partial charge in [0.2, 0.25) is 10.0 Å². The van der Waals surface area contributed by atoms with Crippen LogP contribution in [0.3, 0.4) is 0 Å². The Morgan fingerprint density at radius 1 is 1.42 bits per heavy atom. The summed E-state index contributed by atoms with van der Waals surface area (Å²) in [5.74, 6) is 0.219. The number of hydrogen-bond acceptors (Lipinski definition) is 2. The van der Waals surface area contributed by atoms with E-state index in [0.717, 1.165) is 6.42 Å². The summed E-state index contributed by atoms with van der Waals surface area (Å²) < 4.78 is 25.1. The number of sulfonamides is 1. The number of nitrogens with one attached hydrogen (secondary N) is 1. The lowest BCUT2D eigenvalue weighted by Gasteiger charge is -2.13.